The van der Waals surface area contributed by atoms with Crippen molar-refractivity contribution in [2.75, 3.05) is 18.6 Å². The Morgan fingerprint density at radius 1 is 1.35 bits per heavy atom. The second-order valence-corrected chi connectivity index (χ2v) is 7.60. The molecular formula is C21H22FN5O7. The number of aliphatic hydroxyl groups excluding tert-OH is 2. The summed E-state index contributed by atoms with van der Waals surface area (Å²) in [4.78, 5) is 49.6. The Labute approximate surface area is 191 Å². The second kappa shape index (κ2) is 10.4. The largest absolute Gasteiger partial charge is 0.394 e. The molecule has 0 radical (unpaired) electrons. The van der Waals surface area contributed by atoms with Crippen molar-refractivity contribution in [3.8, 4) is 6.07 Å². The molecule has 1 saturated heterocycles. The Bertz CT molecular complexity index is 1270. The van der Waals surface area contributed by atoms with Gasteiger partial charge in [0, 0.05) is 36.7 Å². The van der Waals surface area contributed by atoms with E-state index >= 15 is 0 Å². The van der Waals surface area contributed by atoms with Gasteiger partial charge in [0.2, 0.25) is 5.91 Å². The van der Waals surface area contributed by atoms with Crippen LogP contribution >= 0.6 is 0 Å². The molecule has 0 unspecified atom stereocenters. The van der Waals surface area contributed by atoms with Crippen LogP contribution in [0.2, 0.25) is 0 Å². The third-order valence-electron chi connectivity index (χ3n) is 5.20. The van der Waals surface area contributed by atoms with E-state index in [9.17, 15) is 33.8 Å². The monoisotopic (exact) mass is 475 g/mol. The van der Waals surface area contributed by atoms with Crippen molar-refractivity contribution in [2.24, 2.45) is 0 Å². The molecule has 1 aromatic heterocycles. The third kappa shape index (κ3) is 5.20. The quantitative estimate of drug-likeness (QED) is 0.388. The molecule has 1 aliphatic rings. The van der Waals surface area contributed by atoms with Gasteiger partial charge in [-0.25, -0.2) is 9.18 Å². The van der Waals surface area contributed by atoms with Crippen LogP contribution in [0.15, 0.2) is 34.0 Å². The van der Waals surface area contributed by atoms with E-state index in [1.807, 2.05) is 0 Å². The smallest absolute Gasteiger partial charge is 0.352 e. The van der Waals surface area contributed by atoms with Crippen LogP contribution in [0.25, 0.3) is 0 Å². The first-order chi connectivity index (χ1) is 16.2. The van der Waals surface area contributed by atoms with E-state index in [1.54, 1.807) is 6.07 Å². The van der Waals surface area contributed by atoms with Gasteiger partial charge in [-0.15, -0.1) is 0 Å². The molecule has 12 nitrogen and oxygen atoms in total. The molecule has 13 heteroatoms. The van der Waals surface area contributed by atoms with Crippen molar-refractivity contribution >= 4 is 11.8 Å². The molecule has 34 heavy (non-hydrogen) atoms. The molecule has 2 amide bonds. The molecule has 0 spiro atoms. The van der Waals surface area contributed by atoms with E-state index in [2.05, 4.69) is 10.7 Å². The number of halogens is 1. The highest BCUT2D eigenvalue weighted by atomic mass is 19.1. The summed E-state index contributed by atoms with van der Waals surface area (Å²) in [6.45, 7) is 0.798. The molecule has 3 atom stereocenters. The maximum Gasteiger partial charge on any atom is 0.352 e. The highest BCUT2D eigenvalue weighted by Crippen LogP contribution is 2.27. The topological polar surface area (TPSA) is 176 Å². The summed E-state index contributed by atoms with van der Waals surface area (Å²) in [5.41, 5.74) is 0.327. The van der Waals surface area contributed by atoms with Gasteiger partial charge in [-0.1, -0.05) is 0 Å². The summed E-state index contributed by atoms with van der Waals surface area (Å²) in [5, 5.41) is 30.4. The van der Waals surface area contributed by atoms with Gasteiger partial charge < -0.3 is 20.3 Å². The summed E-state index contributed by atoms with van der Waals surface area (Å²) in [6.07, 6.45) is -1.91. The molecule has 0 bridgehead atoms. The Kier molecular flexibility index (Phi) is 7.57. The van der Waals surface area contributed by atoms with Crippen molar-refractivity contribution in [3.63, 3.8) is 0 Å². The highest BCUT2D eigenvalue weighted by molar-refractivity contribution is 5.95. The van der Waals surface area contributed by atoms with Crippen LogP contribution < -0.4 is 22.0 Å². The fraction of sp³-hybridized carbons (Fsp3) is 0.381. The minimum atomic E-state index is -1.01. The van der Waals surface area contributed by atoms with Gasteiger partial charge in [0.15, 0.2) is 0 Å². The first-order valence-corrected chi connectivity index (χ1v) is 10.2. The van der Waals surface area contributed by atoms with Gasteiger partial charge >= 0.3 is 5.69 Å². The molecule has 0 aliphatic carbocycles. The average molecular weight is 475 g/mol. The van der Waals surface area contributed by atoms with Gasteiger partial charge in [0.1, 0.15) is 24.2 Å². The molecule has 1 aromatic carbocycles. The average Bonchev–Trinajstić information content (AvgIpc) is 3.19. The van der Waals surface area contributed by atoms with Crippen LogP contribution in [0.3, 0.4) is 0 Å². The lowest BCUT2D eigenvalue weighted by molar-refractivity contribution is -0.117. The van der Waals surface area contributed by atoms with Crippen LogP contribution in [-0.4, -0.2) is 56.6 Å². The predicted molar refractivity (Wildman–Crippen MR) is 114 cm³/mol. The number of nitrogens with zero attached hydrogens (tertiary/aromatic N) is 3. The molecule has 2 aromatic rings. The number of aromatic nitrogens is 2. The summed E-state index contributed by atoms with van der Waals surface area (Å²) in [7, 11) is 0. The number of benzene rings is 1. The summed E-state index contributed by atoms with van der Waals surface area (Å²) in [5.74, 6) is -2.17. The van der Waals surface area contributed by atoms with Crippen LogP contribution in [0.1, 0.15) is 40.6 Å². The molecule has 0 saturated carbocycles. The fourth-order valence-electron chi connectivity index (χ4n) is 3.38. The van der Waals surface area contributed by atoms with E-state index in [0.717, 1.165) is 16.7 Å². The number of aryl methyl sites for hydroxylation is 1. The predicted octanol–water partition coefficient (Wildman–Crippen LogP) is -1.14. The molecule has 4 N–H and O–H groups in total. The van der Waals surface area contributed by atoms with Gasteiger partial charge in [-0.2, -0.15) is 9.94 Å². The molecule has 180 valence electrons. The highest BCUT2D eigenvalue weighted by Gasteiger charge is 2.35. The first kappa shape index (κ1) is 24.8. The zero-order chi connectivity index (χ0) is 25.0. The minimum absolute atomic E-state index is 0.000341. The maximum atomic E-state index is 13.4. The van der Waals surface area contributed by atoms with Crippen LogP contribution in [0.4, 0.5) is 4.39 Å². The van der Waals surface area contributed by atoms with Crippen molar-refractivity contribution in [3.05, 3.63) is 67.7 Å². The maximum absolute atomic E-state index is 13.4. The number of amides is 2. The Morgan fingerprint density at radius 3 is 2.74 bits per heavy atom. The molecule has 1 fully saturated rings. The van der Waals surface area contributed by atoms with Crippen LogP contribution in [0.5, 0.6) is 0 Å². The SMILES string of the molecule is Cc1cn([C@H]2C[C@H](O)[C@@H](CO)O2)c(=O)n(NC(=O)CCNC(=O)c2ccc(F)c(C#N)c2)c1=O. The van der Waals surface area contributed by atoms with E-state index in [-0.39, 0.29) is 36.1 Å². The summed E-state index contributed by atoms with van der Waals surface area (Å²) < 4.78 is 20.4. The Hall–Kier alpha value is -3.86. The summed E-state index contributed by atoms with van der Waals surface area (Å²) >= 11 is 0. The second-order valence-electron chi connectivity index (χ2n) is 7.60. The van der Waals surface area contributed by atoms with E-state index in [1.165, 1.54) is 19.2 Å². The van der Waals surface area contributed by atoms with Crippen molar-refractivity contribution in [1.82, 2.24) is 14.6 Å². The van der Waals surface area contributed by atoms with Gasteiger partial charge in [0.25, 0.3) is 11.5 Å². The zero-order valence-electron chi connectivity index (χ0n) is 18.0. The minimum Gasteiger partial charge on any atom is -0.394 e. The number of nitrogens with one attached hydrogen (secondary N) is 2. The van der Waals surface area contributed by atoms with Crippen LogP contribution in [0, 0.1) is 24.1 Å². The number of carbonyl (C=O) groups is 2. The Morgan fingerprint density at radius 2 is 2.09 bits per heavy atom. The third-order valence-corrected chi connectivity index (χ3v) is 5.20. The van der Waals surface area contributed by atoms with Crippen molar-refractivity contribution in [1.29, 1.82) is 5.26 Å². The van der Waals surface area contributed by atoms with E-state index < -0.39 is 53.9 Å². The normalized spacial score (nSPS) is 19.4. The fourth-order valence-corrected chi connectivity index (χ4v) is 3.38. The Balaban J connectivity index is 1.66. The number of carbonyl (C=O) groups excluding carboxylic acids is 2. The number of hydrogen-bond donors (Lipinski definition) is 4. The van der Waals surface area contributed by atoms with E-state index in [4.69, 9.17) is 10.00 Å². The van der Waals surface area contributed by atoms with Crippen molar-refractivity contribution in [2.45, 2.75) is 38.2 Å². The number of aliphatic hydroxyl groups is 2. The molecule has 2 heterocycles. The molecule has 1 aliphatic heterocycles. The number of hydrogen-bond acceptors (Lipinski definition) is 8. The van der Waals surface area contributed by atoms with E-state index in [0.29, 0.717) is 4.68 Å². The van der Waals surface area contributed by atoms with Gasteiger partial charge in [-0.05, 0) is 25.1 Å². The number of ether oxygens (including phenoxy) is 1. The lowest BCUT2D eigenvalue weighted by atomic mass is 10.1. The first-order valence-electron chi connectivity index (χ1n) is 10.2. The van der Waals surface area contributed by atoms with Gasteiger partial charge in [-0.3, -0.25) is 24.4 Å². The molecule has 3 rings (SSSR count). The van der Waals surface area contributed by atoms with Crippen molar-refractivity contribution < 1.29 is 28.9 Å². The van der Waals surface area contributed by atoms with Gasteiger partial charge in [0.05, 0.1) is 18.3 Å². The number of nitriles is 1. The summed E-state index contributed by atoms with van der Waals surface area (Å²) in [6, 6.07) is 4.86. The zero-order valence-corrected chi connectivity index (χ0v) is 18.0. The lowest BCUT2D eigenvalue weighted by Crippen LogP contribution is -2.48. The van der Waals surface area contributed by atoms with Crippen LogP contribution in [-0.2, 0) is 9.53 Å². The molecular weight excluding hydrogens is 453 g/mol. The standard InChI is InChI=1S/C21H22FN5O7/c1-11-9-26(18-7-15(29)16(10-28)34-18)21(33)27(20(11)32)25-17(30)4-5-24-19(31)12-2-3-14(22)13(6-12)8-23/h2-3,6,9,15-16,18,28-29H,4-5,7,10H2,1H3,(H,24,31)(H,25,30)/t15-,16+,18+/m0/s1. The lowest BCUT2D eigenvalue weighted by Gasteiger charge is -2.17. The number of rotatable bonds is 7.